The monoisotopic (exact) mass is 277 g/mol. The fraction of sp³-hybridized carbons (Fsp3) is 0.462. The van der Waals surface area contributed by atoms with Gasteiger partial charge in [0.25, 0.3) is 5.69 Å². The summed E-state index contributed by atoms with van der Waals surface area (Å²) in [5.41, 5.74) is 1.17. The quantitative estimate of drug-likeness (QED) is 0.627. The summed E-state index contributed by atoms with van der Waals surface area (Å²) in [6.45, 7) is 3.93. The van der Waals surface area contributed by atoms with Crippen LogP contribution in [0.2, 0.25) is 0 Å². The highest BCUT2D eigenvalue weighted by molar-refractivity contribution is 8.00. The van der Waals surface area contributed by atoms with E-state index in [0.29, 0.717) is 10.8 Å². The zero-order chi connectivity index (χ0) is 13.8. The third kappa shape index (κ3) is 2.99. The molecule has 1 atom stereocenters. The molecule has 1 aliphatic heterocycles. The number of nitriles is 1. The van der Waals surface area contributed by atoms with E-state index in [4.69, 9.17) is 0 Å². The van der Waals surface area contributed by atoms with Gasteiger partial charge in [0.05, 0.1) is 16.2 Å². The van der Waals surface area contributed by atoms with Crippen LogP contribution in [0.5, 0.6) is 0 Å². The van der Waals surface area contributed by atoms with Crippen LogP contribution in [0.1, 0.15) is 18.9 Å². The lowest BCUT2D eigenvalue weighted by molar-refractivity contribution is -0.384. The molecule has 0 saturated carbocycles. The number of hydrogen-bond acceptors (Lipinski definition) is 5. The maximum absolute atomic E-state index is 10.7. The zero-order valence-electron chi connectivity index (χ0n) is 10.7. The van der Waals surface area contributed by atoms with E-state index < -0.39 is 4.92 Å². The first-order chi connectivity index (χ1) is 9.15. The van der Waals surface area contributed by atoms with Crippen LogP contribution in [0.4, 0.5) is 11.4 Å². The minimum absolute atomic E-state index is 0.0290. The van der Waals surface area contributed by atoms with Crippen molar-refractivity contribution in [3.05, 3.63) is 33.9 Å². The Balaban J connectivity index is 2.29. The van der Waals surface area contributed by atoms with Crippen molar-refractivity contribution in [1.29, 1.82) is 5.26 Å². The molecule has 1 saturated heterocycles. The Kier molecular flexibility index (Phi) is 4.27. The Morgan fingerprint density at radius 2 is 2.42 bits per heavy atom. The first kappa shape index (κ1) is 13.7. The summed E-state index contributed by atoms with van der Waals surface area (Å²) in [7, 11) is 0. The molecule has 1 aromatic rings. The van der Waals surface area contributed by atoms with Crippen LogP contribution >= 0.6 is 11.8 Å². The predicted molar refractivity (Wildman–Crippen MR) is 76.6 cm³/mol. The molecule has 1 aromatic carbocycles. The Morgan fingerprint density at radius 3 is 3.05 bits per heavy atom. The van der Waals surface area contributed by atoms with Gasteiger partial charge in [0.2, 0.25) is 0 Å². The Bertz CT molecular complexity index is 527. The molecule has 5 nitrogen and oxygen atoms in total. The predicted octanol–water partition coefficient (Wildman–Crippen LogP) is 2.80. The van der Waals surface area contributed by atoms with Crippen molar-refractivity contribution in [3.63, 3.8) is 0 Å². The molecule has 0 radical (unpaired) electrons. The minimum Gasteiger partial charge on any atom is -0.369 e. The third-order valence-corrected chi connectivity index (χ3v) is 4.62. The van der Waals surface area contributed by atoms with Gasteiger partial charge in [-0.15, -0.1) is 0 Å². The van der Waals surface area contributed by atoms with E-state index in [2.05, 4.69) is 17.9 Å². The van der Waals surface area contributed by atoms with Gasteiger partial charge in [-0.05, 0) is 12.5 Å². The number of nitro groups is 1. The lowest BCUT2D eigenvalue weighted by Crippen LogP contribution is -2.38. The summed E-state index contributed by atoms with van der Waals surface area (Å²) in [6.07, 6.45) is 1.09. The highest BCUT2D eigenvalue weighted by atomic mass is 32.2. The van der Waals surface area contributed by atoms with E-state index in [-0.39, 0.29) is 5.69 Å². The largest absolute Gasteiger partial charge is 0.369 e. The molecular formula is C13H15N3O2S. The van der Waals surface area contributed by atoms with E-state index in [9.17, 15) is 15.4 Å². The van der Waals surface area contributed by atoms with Crippen LogP contribution < -0.4 is 4.90 Å². The van der Waals surface area contributed by atoms with Crippen molar-refractivity contribution in [3.8, 4) is 6.07 Å². The molecule has 1 fully saturated rings. The maximum atomic E-state index is 10.7. The average Bonchev–Trinajstić information content (AvgIpc) is 2.46. The molecule has 1 aliphatic rings. The summed E-state index contributed by atoms with van der Waals surface area (Å²) in [6, 6.07) is 6.59. The standard InChI is InChI=1S/C13H15N3O2S/c1-2-12-9-15(5-6-19-12)13-4-3-11(16(17)18)7-10(13)8-14/h3-4,7,12H,2,5-6,9H2,1H3. The molecule has 0 N–H and O–H groups in total. The topological polar surface area (TPSA) is 70.2 Å². The number of hydrogen-bond donors (Lipinski definition) is 0. The van der Waals surface area contributed by atoms with E-state index in [1.165, 1.54) is 12.1 Å². The van der Waals surface area contributed by atoms with E-state index >= 15 is 0 Å². The smallest absolute Gasteiger partial charge is 0.270 e. The summed E-state index contributed by atoms with van der Waals surface area (Å²) in [5.74, 6) is 1.03. The molecule has 0 spiro atoms. The Morgan fingerprint density at radius 1 is 1.63 bits per heavy atom. The second kappa shape index (κ2) is 5.93. The normalized spacial score (nSPS) is 18.9. The van der Waals surface area contributed by atoms with Crippen LogP contribution in [0, 0.1) is 21.4 Å². The molecule has 2 rings (SSSR count). The van der Waals surface area contributed by atoms with Crippen LogP contribution in [0.25, 0.3) is 0 Å². The molecule has 0 amide bonds. The second-order valence-corrected chi connectivity index (χ2v) is 5.83. The van der Waals surface area contributed by atoms with Crippen LogP contribution in [0.15, 0.2) is 18.2 Å². The number of thioether (sulfide) groups is 1. The van der Waals surface area contributed by atoms with E-state index in [1.54, 1.807) is 6.07 Å². The summed E-state index contributed by atoms with van der Waals surface area (Å²) in [5, 5.41) is 20.5. The highest BCUT2D eigenvalue weighted by Gasteiger charge is 2.22. The molecule has 0 bridgehead atoms. The number of nitro benzene ring substituents is 1. The second-order valence-electron chi connectivity index (χ2n) is 4.42. The molecular weight excluding hydrogens is 262 g/mol. The number of benzene rings is 1. The van der Waals surface area contributed by atoms with Crippen molar-refractivity contribution >= 4 is 23.1 Å². The number of nitrogens with zero attached hydrogens (tertiary/aromatic N) is 3. The fourth-order valence-electron chi connectivity index (χ4n) is 2.19. The average molecular weight is 277 g/mol. The van der Waals surface area contributed by atoms with Gasteiger partial charge >= 0.3 is 0 Å². The van der Waals surface area contributed by atoms with Crippen LogP contribution in [-0.2, 0) is 0 Å². The molecule has 0 aliphatic carbocycles. The molecule has 1 heterocycles. The maximum Gasteiger partial charge on any atom is 0.270 e. The number of anilines is 1. The molecule has 100 valence electrons. The lowest BCUT2D eigenvalue weighted by atomic mass is 10.1. The highest BCUT2D eigenvalue weighted by Crippen LogP contribution is 2.30. The summed E-state index contributed by atoms with van der Waals surface area (Å²) in [4.78, 5) is 12.4. The van der Waals surface area contributed by atoms with Crippen molar-refractivity contribution in [2.24, 2.45) is 0 Å². The van der Waals surface area contributed by atoms with Gasteiger partial charge in [-0.2, -0.15) is 17.0 Å². The van der Waals surface area contributed by atoms with E-state index in [0.717, 1.165) is 31.0 Å². The molecule has 0 aromatic heterocycles. The molecule has 19 heavy (non-hydrogen) atoms. The van der Waals surface area contributed by atoms with Gasteiger partial charge in [0.1, 0.15) is 6.07 Å². The summed E-state index contributed by atoms with van der Waals surface area (Å²) >= 11 is 1.95. The van der Waals surface area contributed by atoms with Gasteiger partial charge in [-0.3, -0.25) is 10.1 Å². The first-order valence-corrected chi connectivity index (χ1v) is 7.25. The molecule has 1 unspecified atom stereocenters. The lowest BCUT2D eigenvalue weighted by Gasteiger charge is -2.34. The molecule has 6 heteroatoms. The van der Waals surface area contributed by atoms with Gasteiger partial charge < -0.3 is 4.90 Å². The van der Waals surface area contributed by atoms with Gasteiger partial charge in [-0.1, -0.05) is 6.92 Å². The van der Waals surface area contributed by atoms with Gasteiger partial charge in [-0.25, -0.2) is 0 Å². The van der Waals surface area contributed by atoms with Crippen molar-refractivity contribution < 1.29 is 4.92 Å². The zero-order valence-corrected chi connectivity index (χ0v) is 11.5. The minimum atomic E-state index is -0.467. The first-order valence-electron chi connectivity index (χ1n) is 6.20. The van der Waals surface area contributed by atoms with Crippen LogP contribution in [-0.4, -0.2) is 29.0 Å². The van der Waals surface area contributed by atoms with Gasteiger partial charge in [0, 0.05) is 36.2 Å². The number of non-ortho nitro benzene ring substituents is 1. The Labute approximate surface area is 116 Å². The van der Waals surface area contributed by atoms with Gasteiger partial charge in [0.15, 0.2) is 0 Å². The number of rotatable bonds is 3. The fourth-order valence-corrected chi connectivity index (χ4v) is 3.37. The van der Waals surface area contributed by atoms with Crippen molar-refractivity contribution in [2.45, 2.75) is 18.6 Å². The Hall–Kier alpha value is -1.74. The summed E-state index contributed by atoms with van der Waals surface area (Å²) < 4.78 is 0. The van der Waals surface area contributed by atoms with E-state index in [1.807, 2.05) is 11.8 Å². The van der Waals surface area contributed by atoms with Crippen molar-refractivity contribution in [2.75, 3.05) is 23.7 Å². The third-order valence-electron chi connectivity index (χ3n) is 3.25. The van der Waals surface area contributed by atoms with Crippen molar-refractivity contribution in [1.82, 2.24) is 0 Å². The SMILES string of the molecule is CCC1CN(c2ccc([N+](=O)[O-])cc2C#N)CCS1. The van der Waals surface area contributed by atoms with Crippen LogP contribution in [0.3, 0.4) is 0 Å².